The molecular formula is C16H30N2O4S. The molecule has 1 heterocycles. The van der Waals surface area contributed by atoms with E-state index in [1.165, 1.54) is 6.42 Å². The molecule has 0 bridgehead atoms. The monoisotopic (exact) mass is 346 g/mol. The lowest BCUT2D eigenvalue weighted by Gasteiger charge is -2.38. The zero-order valence-corrected chi connectivity index (χ0v) is 15.1. The fourth-order valence-electron chi connectivity index (χ4n) is 3.98. The van der Waals surface area contributed by atoms with Crippen LogP contribution >= 0.6 is 0 Å². The van der Waals surface area contributed by atoms with Crippen molar-refractivity contribution in [2.75, 3.05) is 32.4 Å². The van der Waals surface area contributed by atoms with E-state index >= 15 is 0 Å². The lowest BCUT2D eigenvalue weighted by atomic mass is 9.77. The molecule has 23 heavy (non-hydrogen) atoms. The number of piperidine rings is 1. The summed E-state index contributed by atoms with van der Waals surface area (Å²) in [5.74, 6) is -0.580. The summed E-state index contributed by atoms with van der Waals surface area (Å²) in [6, 6.07) is 0.155. The number of carboxylic acids is 1. The molecule has 0 unspecified atom stereocenters. The third kappa shape index (κ3) is 5.16. The Labute approximate surface area is 139 Å². The van der Waals surface area contributed by atoms with E-state index < -0.39 is 16.0 Å². The predicted molar refractivity (Wildman–Crippen MR) is 89.8 cm³/mol. The molecular weight excluding hydrogens is 316 g/mol. The quantitative estimate of drug-likeness (QED) is 0.793. The molecule has 134 valence electrons. The minimum Gasteiger partial charge on any atom is -0.480 e. The number of rotatable bonds is 6. The zero-order chi connectivity index (χ0) is 17.1. The molecule has 0 amide bonds. The largest absolute Gasteiger partial charge is 0.480 e. The Bertz CT molecular complexity index is 506. The summed E-state index contributed by atoms with van der Waals surface area (Å²) in [7, 11) is -1.42. The van der Waals surface area contributed by atoms with Gasteiger partial charge in [-0.25, -0.2) is 12.7 Å². The van der Waals surface area contributed by atoms with Gasteiger partial charge in [0, 0.05) is 19.1 Å². The summed E-state index contributed by atoms with van der Waals surface area (Å²) in [4.78, 5) is 12.6. The van der Waals surface area contributed by atoms with Crippen LogP contribution in [0.5, 0.6) is 0 Å². The first-order valence-corrected chi connectivity index (χ1v) is 10.2. The van der Waals surface area contributed by atoms with Gasteiger partial charge in [-0.2, -0.15) is 0 Å². The molecule has 0 atom stereocenters. The van der Waals surface area contributed by atoms with Crippen LogP contribution in [0.25, 0.3) is 0 Å². The summed E-state index contributed by atoms with van der Waals surface area (Å²) in [5, 5.41) is 8.86. The molecule has 0 radical (unpaired) electrons. The smallest absolute Gasteiger partial charge is 0.317 e. The fourth-order valence-corrected chi connectivity index (χ4v) is 6.10. The standard InChI is InChI=1S/C16H30N2O4S/c1-16(8-4-3-5-9-16)13-23(21,22)18-10-6-14(7-11-18)17(2)12-15(19)20/h14H,3-13H2,1-2H3,(H,19,20). The molecule has 6 nitrogen and oxygen atoms in total. The van der Waals surface area contributed by atoms with Crippen molar-refractivity contribution in [3.05, 3.63) is 0 Å². The van der Waals surface area contributed by atoms with E-state index in [0.717, 1.165) is 25.7 Å². The number of hydrogen-bond donors (Lipinski definition) is 1. The van der Waals surface area contributed by atoms with E-state index in [4.69, 9.17) is 5.11 Å². The van der Waals surface area contributed by atoms with E-state index in [-0.39, 0.29) is 23.8 Å². The molecule has 0 aromatic rings. The first kappa shape index (κ1) is 18.7. The highest BCUT2D eigenvalue weighted by Gasteiger charge is 2.37. The van der Waals surface area contributed by atoms with Crippen molar-refractivity contribution in [1.29, 1.82) is 0 Å². The van der Waals surface area contributed by atoms with Gasteiger partial charge in [-0.15, -0.1) is 0 Å². The molecule has 0 spiro atoms. The van der Waals surface area contributed by atoms with Gasteiger partial charge in [-0.3, -0.25) is 9.69 Å². The van der Waals surface area contributed by atoms with Crippen LogP contribution in [0.15, 0.2) is 0 Å². The first-order valence-electron chi connectivity index (χ1n) is 8.62. The molecule has 1 saturated heterocycles. The average Bonchev–Trinajstić information content (AvgIpc) is 2.46. The van der Waals surface area contributed by atoms with Crippen molar-refractivity contribution >= 4 is 16.0 Å². The van der Waals surface area contributed by atoms with Crippen molar-refractivity contribution in [2.24, 2.45) is 5.41 Å². The van der Waals surface area contributed by atoms with Gasteiger partial charge in [-0.1, -0.05) is 26.2 Å². The SMILES string of the molecule is CN(CC(=O)O)C1CCN(S(=O)(=O)CC2(C)CCCCC2)CC1. The minimum atomic E-state index is -3.22. The molecule has 2 fully saturated rings. The number of sulfonamides is 1. The second kappa shape index (κ2) is 7.49. The Hall–Kier alpha value is -0.660. The van der Waals surface area contributed by atoms with E-state index in [2.05, 4.69) is 6.92 Å². The van der Waals surface area contributed by atoms with Gasteiger partial charge in [0.25, 0.3) is 0 Å². The Balaban J connectivity index is 1.89. The van der Waals surface area contributed by atoms with Gasteiger partial charge < -0.3 is 5.11 Å². The van der Waals surface area contributed by atoms with E-state index in [9.17, 15) is 13.2 Å². The van der Waals surface area contributed by atoms with Gasteiger partial charge in [0.05, 0.1) is 12.3 Å². The normalized spacial score (nSPS) is 24.0. The Kier molecular flexibility index (Phi) is 6.08. The molecule has 7 heteroatoms. The number of hydrogen-bond acceptors (Lipinski definition) is 4. The van der Waals surface area contributed by atoms with E-state index in [1.807, 2.05) is 4.90 Å². The van der Waals surface area contributed by atoms with Crippen molar-refractivity contribution < 1.29 is 18.3 Å². The number of carboxylic acid groups (broad SMARTS) is 1. The van der Waals surface area contributed by atoms with Gasteiger partial charge in [-0.05, 0) is 38.1 Å². The van der Waals surface area contributed by atoms with Crippen molar-refractivity contribution in [3.8, 4) is 0 Å². The number of aliphatic carboxylic acids is 1. The van der Waals surface area contributed by atoms with Crippen molar-refractivity contribution in [2.45, 2.75) is 57.9 Å². The molecule has 2 rings (SSSR count). The van der Waals surface area contributed by atoms with E-state index in [1.54, 1.807) is 11.4 Å². The van der Waals surface area contributed by atoms with Crippen molar-refractivity contribution in [3.63, 3.8) is 0 Å². The fraction of sp³-hybridized carbons (Fsp3) is 0.938. The Morgan fingerprint density at radius 3 is 2.30 bits per heavy atom. The minimum absolute atomic E-state index is 0.00941. The lowest BCUT2D eigenvalue weighted by molar-refractivity contribution is -0.138. The van der Waals surface area contributed by atoms with Crippen LogP contribution in [0.2, 0.25) is 0 Å². The lowest BCUT2D eigenvalue weighted by Crippen LogP contribution is -2.48. The molecule has 1 aliphatic carbocycles. The molecule has 0 aromatic carbocycles. The maximum atomic E-state index is 12.7. The van der Waals surface area contributed by atoms with Crippen LogP contribution < -0.4 is 0 Å². The summed E-state index contributed by atoms with van der Waals surface area (Å²) in [6.07, 6.45) is 6.91. The van der Waals surface area contributed by atoms with Crippen LogP contribution in [0.4, 0.5) is 0 Å². The Morgan fingerprint density at radius 1 is 1.22 bits per heavy atom. The number of carbonyl (C=O) groups is 1. The number of likely N-dealkylation sites (N-methyl/N-ethyl adjacent to an activating group) is 1. The maximum Gasteiger partial charge on any atom is 0.317 e. The highest BCUT2D eigenvalue weighted by molar-refractivity contribution is 7.89. The zero-order valence-electron chi connectivity index (χ0n) is 14.3. The first-order chi connectivity index (χ1) is 10.7. The van der Waals surface area contributed by atoms with E-state index in [0.29, 0.717) is 25.9 Å². The topological polar surface area (TPSA) is 77.9 Å². The number of nitrogens with zero attached hydrogens (tertiary/aromatic N) is 2. The predicted octanol–water partition coefficient (Wildman–Crippen LogP) is 1.77. The highest BCUT2D eigenvalue weighted by atomic mass is 32.2. The molecule has 1 N–H and O–H groups in total. The maximum absolute atomic E-state index is 12.7. The Morgan fingerprint density at radius 2 is 1.78 bits per heavy atom. The third-order valence-corrected chi connectivity index (χ3v) is 7.63. The summed E-state index contributed by atoms with van der Waals surface area (Å²) >= 11 is 0. The van der Waals surface area contributed by atoms with Crippen LogP contribution in [0.3, 0.4) is 0 Å². The van der Waals surface area contributed by atoms with Gasteiger partial charge >= 0.3 is 5.97 Å². The average molecular weight is 346 g/mol. The third-order valence-electron chi connectivity index (χ3n) is 5.42. The molecule has 2 aliphatic rings. The second-order valence-electron chi connectivity index (χ2n) is 7.57. The second-order valence-corrected chi connectivity index (χ2v) is 9.54. The van der Waals surface area contributed by atoms with Crippen molar-refractivity contribution in [1.82, 2.24) is 9.21 Å². The van der Waals surface area contributed by atoms with Crippen LogP contribution in [-0.4, -0.2) is 67.2 Å². The molecule has 0 aromatic heterocycles. The highest BCUT2D eigenvalue weighted by Crippen LogP contribution is 2.37. The van der Waals surface area contributed by atoms with Gasteiger partial charge in [0.15, 0.2) is 0 Å². The van der Waals surface area contributed by atoms with Crippen LogP contribution in [-0.2, 0) is 14.8 Å². The summed E-state index contributed by atoms with van der Waals surface area (Å²) < 4.78 is 27.1. The summed E-state index contributed by atoms with van der Waals surface area (Å²) in [5.41, 5.74) is -0.0754. The molecule has 1 saturated carbocycles. The van der Waals surface area contributed by atoms with Crippen LogP contribution in [0.1, 0.15) is 51.9 Å². The van der Waals surface area contributed by atoms with Crippen LogP contribution in [0, 0.1) is 5.41 Å². The van der Waals surface area contributed by atoms with Gasteiger partial charge in [0.1, 0.15) is 0 Å². The molecule has 1 aliphatic heterocycles. The summed E-state index contributed by atoms with van der Waals surface area (Å²) in [6.45, 7) is 3.13. The van der Waals surface area contributed by atoms with Gasteiger partial charge in [0.2, 0.25) is 10.0 Å².